The topological polar surface area (TPSA) is 75.7 Å². The van der Waals surface area contributed by atoms with E-state index in [0.717, 1.165) is 17.7 Å². The van der Waals surface area contributed by atoms with Crippen molar-refractivity contribution in [3.05, 3.63) is 53.8 Å². The predicted molar refractivity (Wildman–Crippen MR) is 104 cm³/mol. The normalized spacial score (nSPS) is 17.9. The number of carbonyl (C=O) groups excluding carboxylic acids is 1. The zero-order valence-electron chi connectivity index (χ0n) is 15.8. The predicted octanol–water partition coefficient (Wildman–Crippen LogP) is 3.18. The molecule has 3 rings (SSSR count). The van der Waals surface area contributed by atoms with Crippen LogP contribution >= 0.6 is 0 Å². The number of para-hydroxylation sites is 1. The summed E-state index contributed by atoms with van der Waals surface area (Å²) < 4.78 is 46.1. The third-order valence-corrected chi connectivity index (χ3v) is 6.79. The van der Waals surface area contributed by atoms with Gasteiger partial charge in [0.25, 0.3) is 0 Å². The van der Waals surface area contributed by atoms with E-state index in [-0.39, 0.29) is 29.6 Å². The average molecular weight is 406 g/mol. The maximum Gasteiger partial charge on any atom is 0.246 e. The van der Waals surface area contributed by atoms with Crippen LogP contribution in [0.2, 0.25) is 0 Å². The Morgan fingerprint density at radius 3 is 2.71 bits per heavy atom. The molecular weight excluding hydrogens is 383 g/mol. The molecule has 150 valence electrons. The van der Waals surface area contributed by atoms with Crippen LogP contribution in [-0.4, -0.2) is 38.8 Å². The molecule has 8 heteroatoms. The molecule has 0 radical (unpaired) electrons. The molecule has 1 aliphatic heterocycles. The van der Waals surface area contributed by atoms with Crippen molar-refractivity contribution in [1.82, 2.24) is 4.31 Å². The van der Waals surface area contributed by atoms with Gasteiger partial charge in [-0.05, 0) is 49.6 Å². The van der Waals surface area contributed by atoms with Crippen LogP contribution in [0.5, 0.6) is 5.75 Å². The Morgan fingerprint density at radius 1 is 1.25 bits per heavy atom. The lowest BCUT2D eigenvalue weighted by molar-refractivity contribution is -0.120. The number of piperidine rings is 1. The van der Waals surface area contributed by atoms with Gasteiger partial charge in [-0.3, -0.25) is 4.79 Å². The second-order valence-electron chi connectivity index (χ2n) is 6.80. The number of hydrogen-bond donors (Lipinski definition) is 1. The van der Waals surface area contributed by atoms with Crippen molar-refractivity contribution in [2.45, 2.75) is 24.7 Å². The molecule has 1 saturated heterocycles. The molecule has 0 aromatic heterocycles. The molecule has 6 nitrogen and oxygen atoms in total. The quantitative estimate of drug-likeness (QED) is 0.828. The molecule has 0 spiro atoms. The zero-order chi connectivity index (χ0) is 20.3. The molecule has 1 atom stereocenters. The molecule has 2 aromatic rings. The number of rotatable bonds is 5. The Hall–Kier alpha value is -2.45. The van der Waals surface area contributed by atoms with Gasteiger partial charge in [0, 0.05) is 18.8 Å². The number of benzene rings is 2. The molecule has 0 bridgehead atoms. The van der Waals surface area contributed by atoms with Gasteiger partial charge in [-0.1, -0.05) is 18.2 Å². The van der Waals surface area contributed by atoms with Crippen LogP contribution in [0, 0.1) is 18.7 Å². The summed E-state index contributed by atoms with van der Waals surface area (Å²) in [5.41, 5.74) is 1.64. The van der Waals surface area contributed by atoms with Gasteiger partial charge in [0.05, 0.1) is 13.0 Å². The molecule has 0 saturated carbocycles. The Balaban J connectivity index is 1.80. The lowest BCUT2D eigenvalue weighted by atomic mass is 9.98. The number of sulfonamides is 1. The summed E-state index contributed by atoms with van der Waals surface area (Å²) in [6.45, 7) is 2.21. The molecule has 1 aliphatic rings. The van der Waals surface area contributed by atoms with Gasteiger partial charge in [0.2, 0.25) is 15.9 Å². The molecule has 1 amide bonds. The maximum absolute atomic E-state index is 13.7. The zero-order valence-corrected chi connectivity index (χ0v) is 16.6. The largest absolute Gasteiger partial charge is 0.495 e. The number of ether oxygens (including phenoxy) is 1. The van der Waals surface area contributed by atoms with Gasteiger partial charge < -0.3 is 10.1 Å². The first kappa shape index (κ1) is 20.3. The number of hydrogen-bond acceptors (Lipinski definition) is 4. The van der Waals surface area contributed by atoms with E-state index in [1.165, 1.54) is 17.5 Å². The first-order valence-corrected chi connectivity index (χ1v) is 10.5. The highest BCUT2D eigenvalue weighted by atomic mass is 32.2. The SMILES string of the molecule is COc1ccc(F)cc1S(=O)(=O)N1CCC[C@H](C(=O)Nc2ccccc2C)C1. The number of nitrogens with one attached hydrogen (secondary N) is 1. The fourth-order valence-electron chi connectivity index (χ4n) is 3.31. The molecule has 0 unspecified atom stereocenters. The molecule has 28 heavy (non-hydrogen) atoms. The standard InChI is InChI=1S/C20H23FN2O4S/c1-14-6-3-4-8-17(14)22-20(24)15-7-5-11-23(13-15)28(25,26)19-12-16(21)9-10-18(19)27-2/h3-4,6,8-10,12,15H,5,7,11,13H2,1-2H3,(H,22,24)/t15-/m0/s1. The fraction of sp³-hybridized carbons (Fsp3) is 0.350. The van der Waals surface area contributed by atoms with E-state index in [0.29, 0.717) is 18.5 Å². The monoisotopic (exact) mass is 406 g/mol. The number of aryl methyl sites for hydroxylation is 1. The lowest BCUT2D eigenvalue weighted by Gasteiger charge is -2.31. The summed E-state index contributed by atoms with van der Waals surface area (Å²) in [5.74, 6) is -1.29. The minimum atomic E-state index is -3.99. The highest BCUT2D eigenvalue weighted by Gasteiger charge is 2.35. The number of amides is 1. The Morgan fingerprint density at radius 2 is 2.00 bits per heavy atom. The molecule has 1 heterocycles. The lowest BCUT2D eigenvalue weighted by Crippen LogP contribution is -2.43. The summed E-state index contributed by atoms with van der Waals surface area (Å²) in [6.07, 6.45) is 1.13. The maximum atomic E-state index is 13.7. The van der Waals surface area contributed by atoms with E-state index in [1.54, 1.807) is 0 Å². The van der Waals surface area contributed by atoms with Crippen LogP contribution in [0.1, 0.15) is 18.4 Å². The Bertz CT molecular complexity index is 978. The number of nitrogens with zero attached hydrogens (tertiary/aromatic N) is 1. The number of carbonyl (C=O) groups is 1. The van der Waals surface area contributed by atoms with Crippen LogP contribution < -0.4 is 10.1 Å². The molecular formula is C20H23FN2O4S. The second-order valence-corrected chi connectivity index (χ2v) is 8.71. The minimum absolute atomic E-state index is 0.0414. The van der Waals surface area contributed by atoms with E-state index >= 15 is 0 Å². The van der Waals surface area contributed by atoms with E-state index < -0.39 is 21.8 Å². The highest BCUT2D eigenvalue weighted by molar-refractivity contribution is 7.89. The number of methoxy groups -OCH3 is 1. The Labute approximate surface area is 164 Å². The van der Waals surface area contributed by atoms with Crippen molar-refractivity contribution in [3.63, 3.8) is 0 Å². The molecule has 2 aromatic carbocycles. The van der Waals surface area contributed by atoms with Crippen molar-refractivity contribution >= 4 is 21.6 Å². The number of halogens is 1. The number of anilines is 1. The summed E-state index contributed by atoms with van der Waals surface area (Å²) in [4.78, 5) is 12.5. The minimum Gasteiger partial charge on any atom is -0.495 e. The van der Waals surface area contributed by atoms with Crippen molar-refractivity contribution in [3.8, 4) is 5.75 Å². The van der Waals surface area contributed by atoms with Gasteiger partial charge in [0.1, 0.15) is 16.5 Å². The van der Waals surface area contributed by atoms with Gasteiger partial charge in [0.15, 0.2) is 0 Å². The average Bonchev–Trinajstić information content (AvgIpc) is 2.69. The molecule has 0 aliphatic carbocycles. The van der Waals surface area contributed by atoms with E-state index in [2.05, 4.69) is 5.32 Å². The van der Waals surface area contributed by atoms with E-state index in [1.807, 2.05) is 31.2 Å². The van der Waals surface area contributed by atoms with Gasteiger partial charge in [-0.15, -0.1) is 0 Å². The summed E-state index contributed by atoms with van der Waals surface area (Å²) >= 11 is 0. The Kier molecular flexibility index (Phi) is 6.00. The second kappa shape index (κ2) is 8.28. The van der Waals surface area contributed by atoms with Crippen LogP contribution in [0.15, 0.2) is 47.4 Å². The fourth-order valence-corrected chi connectivity index (χ4v) is 5.00. The van der Waals surface area contributed by atoms with Crippen molar-refractivity contribution < 1.29 is 22.3 Å². The van der Waals surface area contributed by atoms with Crippen molar-refractivity contribution in [2.75, 3.05) is 25.5 Å². The smallest absolute Gasteiger partial charge is 0.246 e. The molecule has 1 N–H and O–H groups in total. The van der Waals surface area contributed by atoms with Crippen molar-refractivity contribution in [1.29, 1.82) is 0 Å². The van der Waals surface area contributed by atoms with Crippen LogP contribution in [-0.2, 0) is 14.8 Å². The van der Waals surface area contributed by atoms with Gasteiger partial charge >= 0.3 is 0 Å². The highest BCUT2D eigenvalue weighted by Crippen LogP contribution is 2.30. The third-order valence-electron chi connectivity index (χ3n) is 4.90. The summed E-state index contributed by atoms with van der Waals surface area (Å²) in [7, 11) is -2.65. The van der Waals surface area contributed by atoms with Gasteiger partial charge in [-0.25, -0.2) is 12.8 Å². The van der Waals surface area contributed by atoms with Gasteiger partial charge in [-0.2, -0.15) is 4.31 Å². The first-order chi connectivity index (χ1) is 13.3. The van der Waals surface area contributed by atoms with E-state index in [4.69, 9.17) is 4.74 Å². The third kappa shape index (κ3) is 4.18. The van der Waals surface area contributed by atoms with E-state index in [9.17, 15) is 17.6 Å². The van der Waals surface area contributed by atoms with Crippen LogP contribution in [0.4, 0.5) is 10.1 Å². The van der Waals surface area contributed by atoms with Crippen LogP contribution in [0.3, 0.4) is 0 Å². The molecule has 1 fully saturated rings. The summed E-state index contributed by atoms with van der Waals surface area (Å²) in [6, 6.07) is 10.8. The van der Waals surface area contributed by atoms with Crippen molar-refractivity contribution in [2.24, 2.45) is 5.92 Å². The first-order valence-electron chi connectivity index (χ1n) is 9.03. The van der Waals surface area contributed by atoms with Crippen LogP contribution in [0.25, 0.3) is 0 Å². The summed E-state index contributed by atoms with van der Waals surface area (Å²) in [5, 5.41) is 2.88.